The second-order valence-electron chi connectivity index (χ2n) is 2.49. The Morgan fingerprint density at radius 1 is 1.70 bits per heavy atom. The highest BCUT2D eigenvalue weighted by molar-refractivity contribution is 5.76. The largest absolute Gasteiger partial charge is 0.479 e. The molecule has 0 heterocycles. The van der Waals surface area contributed by atoms with Gasteiger partial charge in [-0.25, -0.2) is 4.79 Å². The molecular formula is C7H14O3. The summed E-state index contributed by atoms with van der Waals surface area (Å²) in [4.78, 5) is 10.5. The van der Waals surface area contributed by atoms with Crippen molar-refractivity contribution in [1.82, 2.24) is 0 Å². The summed E-state index contributed by atoms with van der Waals surface area (Å²) in [5.74, 6) is -0.892. The predicted octanol–water partition coefficient (Wildman–Crippen LogP) is 1.28. The molecule has 1 atom stereocenters. The summed E-state index contributed by atoms with van der Waals surface area (Å²) < 4.78 is 4.84. The van der Waals surface area contributed by atoms with Crippen LogP contribution in [0.5, 0.6) is 0 Å². The minimum absolute atomic E-state index is 0.554. The van der Waals surface area contributed by atoms with Gasteiger partial charge in [0.1, 0.15) is 0 Å². The molecule has 0 aromatic heterocycles. The standard InChI is InChI=1S/C7H14O3/c1-4-5-7(2,10-3)6(8)9/h4-5H2,1-3H3,(H,8,9). The van der Waals surface area contributed by atoms with Crippen molar-refractivity contribution in [1.29, 1.82) is 0 Å². The van der Waals surface area contributed by atoms with Crippen molar-refractivity contribution in [2.24, 2.45) is 0 Å². The fraction of sp³-hybridized carbons (Fsp3) is 0.857. The third-order valence-corrected chi connectivity index (χ3v) is 1.63. The van der Waals surface area contributed by atoms with Crippen LogP contribution in [0.2, 0.25) is 0 Å². The Hall–Kier alpha value is -0.570. The van der Waals surface area contributed by atoms with E-state index in [1.165, 1.54) is 7.11 Å². The van der Waals surface area contributed by atoms with Gasteiger partial charge in [0, 0.05) is 7.11 Å². The van der Waals surface area contributed by atoms with E-state index in [0.717, 1.165) is 6.42 Å². The van der Waals surface area contributed by atoms with Crippen LogP contribution < -0.4 is 0 Å². The maximum Gasteiger partial charge on any atom is 0.335 e. The molecular weight excluding hydrogens is 132 g/mol. The molecule has 0 saturated heterocycles. The third-order valence-electron chi connectivity index (χ3n) is 1.63. The van der Waals surface area contributed by atoms with Crippen LogP contribution >= 0.6 is 0 Å². The number of aliphatic carboxylic acids is 1. The summed E-state index contributed by atoms with van der Waals surface area (Å²) >= 11 is 0. The Bertz CT molecular complexity index is 122. The SMILES string of the molecule is CCCC(C)(OC)C(=O)O. The van der Waals surface area contributed by atoms with Crippen molar-refractivity contribution in [2.45, 2.75) is 32.3 Å². The summed E-state index contributed by atoms with van der Waals surface area (Å²) in [6, 6.07) is 0. The zero-order valence-electron chi connectivity index (χ0n) is 6.68. The van der Waals surface area contributed by atoms with Crippen LogP contribution in [0.3, 0.4) is 0 Å². The molecule has 0 rings (SSSR count). The van der Waals surface area contributed by atoms with E-state index >= 15 is 0 Å². The van der Waals surface area contributed by atoms with E-state index in [2.05, 4.69) is 0 Å². The van der Waals surface area contributed by atoms with E-state index in [9.17, 15) is 4.79 Å². The number of methoxy groups -OCH3 is 1. The lowest BCUT2D eigenvalue weighted by Gasteiger charge is -2.21. The molecule has 0 saturated carbocycles. The molecule has 0 aromatic rings. The molecule has 10 heavy (non-hydrogen) atoms. The predicted molar refractivity (Wildman–Crippen MR) is 38.0 cm³/mol. The maximum absolute atomic E-state index is 10.5. The Balaban J connectivity index is 4.08. The molecule has 0 amide bonds. The topological polar surface area (TPSA) is 46.5 Å². The second-order valence-corrected chi connectivity index (χ2v) is 2.49. The number of hydrogen-bond acceptors (Lipinski definition) is 2. The Kier molecular flexibility index (Phi) is 3.36. The molecule has 60 valence electrons. The minimum Gasteiger partial charge on any atom is -0.479 e. The average molecular weight is 146 g/mol. The van der Waals surface area contributed by atoms with Crippen molar-refractivity contribution >= 4 is 5.97 Å². The number of carbonyl (C=O) groups is 1. The quantitative estimate of drug-likeness (QED) is 0.649. The van der Waals surface area contributed by atoms with Gasteiger partial charge in [0.2, 0.25) is 0 Å². The van der Waals surface area contributed by atoms with E-state index < -0.39 is 11.6 Å². The number of carboxylic acids is 1. The summed E-state index contributed by atoms with van der Waals surface area (Å²) in [5.41, 5.74) is -0.991. The highest BCUT2D eigenvalue weighted by atomic mass is 16.5. The molecule has 1 N–H and O–H groups in total. The van der Waals surface area contributed by atoms with Crippen LogP contribution in [0.15, 0.2) is 0 Å². The molecule has 0 aliphatic carbocycles. The van der Waals surface area contributed by atoms with Crippen LogP contribution in [-0.2, 0) is 9.53 Å². The lowest BCUT2D eigenvalue weighted by Crippen LogP contribution is -2.36. The molecule has 0 aliphatic rings. The zero-order chi connectivity index (χ0) is 8.20. The van der Waals surface area contributed by atoms with Gasteiger partial charge in [-0.1, -0.05) is 13.3 Å². The zero-order valence-corrected chi connectivity index (χ0v) is 6.68. The van der Waals surface area contributed by atoms with E-state index in [1.54, 1.807) is 6.92 Å². The number of hydrogen-bond donors (Lipinski definition) is 1. The van der Waals surface area contributed by atoms with Gasteiger partial charge in [0.05, 0.1) is 0 Å². The van der Waals surface area contributed by atoms with E-state index in [0.29, 0.717) is 6.42 Å². The highest BCUT2D eigenvalue weighted by Gasteiger charge is 2.31. The van der Waals surface area contributed by atoms with Crippen molar-refractivity contribution < 1.29 is 14.6 Å². The van der Waals surface area contributed by atoms with E-state index in [1.807, 2.05) is 6.92 Å². The first-order valence-electron chi connectivity index (χ1n) is 3.35. The van der Waals surface area contributed by atoms with Gasteiger partial charge in [0.25, 0.3) is 0 Å². The van der Waals surface area contributed by atoms with Gasteiger partial charge >= 0.3 is 5.97 Å². The second kappa shape index (κ2) is 3.56. The van der Waals surface area contributed by atoms with Crippen LogP contribution in [0.4, 0.5) is 0 Å². The van der Waals surface area contributed by atoms with E-state index in [4.69, 9.17) is 9.84 Å². The van der Waals surface area contributed by atoms with Crippen molar-refractivity contribution in [3.63, 3.8) is 0 Å². The van der Waals surface area contributed by atoms with Crippen molar-refractivity contribution in [3.8, 4) is 0 Å². The molecule has 0 spiro atoms. The first-order valence-corrected chi connectivity index (χ1v) is 3.35. The first-order chi connectivity index (χ1) is 4.56. The smallest absolute Gasteiger partial charge is 0.335 e. The molecule has 1 unspecified atom stereocenters. The average Bonchev–Trinajstić information content (AvgIpc) is 1.88. The summed E-state index contributed by atoms with van der Waals surface area (Å²) in [6.07, 6.45) is 1.37. The molecule has 0 radical (unpaired) electrons. The highest BCUT2D eigenvalue weighted by Crippen LogP contribution is 2.15. The fourth-order valence-corrected chi connectivity index (χ4v) is 0.773. The Morgan fingerprint density at radius 2 is 2.20 bits per heavy atom. The molecule has 0 fully saturated rings. The fourth-order valence-electron chi connectivity index (χ4n) is 0.773. The van der Waals surface area contributed by atoms with Crippen LogP contribution in [0, 0.1) is 0 Å². The lowest BCUT2D eigenvalue weighted by molar-refractivity contribution is -0.160. The minimum atomic E-state index is -0.991. The number of ether oxygens (including phenoxy) is 1. The van der Waals surface area contributed by atoms with Crippen LogP contribution in [-0.4, -0.2) is 23.8 Å². The van der Waals surface area contributed by atoms with Gasteiger partial charge in [-0.15, -0.1) is 0 Å². The molecule has 3 heteroatoms. The Labute approximate surface area is 61.0 Å². The number of carboxylic acid groups (broad SMARTS) is 1. The van der Waals surface area contributed by atoms with Crippen molar-refractivity contribution in [2.75, 3.05) is 7.11 Å². The number of rotatable bonds is 4. The van der Waals surface area contributed by atoms with Crippen molar-refractivity contribution in [3.05, 3.63) is 0 Å². The summed E-state index contributed by atoms with van der Waals surface area (Å²) in [6.45, 7) is 3.51. The van der Waals surface area contributed by atoms with Crippen LogP contribution in [0.1, 0.15) is 26.7 Å². The van der Waals surface area contributed by atoms with Gasteiger partial charge < -0.3 is 9.84 Å². The molecule has 3 nitrogen and oxygen atoms in total. The molecule has 0 aromatic carbocycles. The first kappa shape index (κ1) is 9.43. The van der Waals surface area contributed by atoms with Gasteiger partial charge in [0.15, 0.2) is 5.60 Å². The van der Waals surface area contributed by atoms with Gasteiger partial charge in [-0.3, -0.25) is 0 Å². The molecule has 0 bridgehead atoms. The van der Waals surface area contributed by atoms with E-state index in [-0.39, 0.29) is 0 Å². The molecule has 0 aliphatic heterocycles. The normalized spacial score (nSPS) is 16.3. The van der Waals surface area contributed by atoms with Gasteiger partial charge in [-0.2, -0.15) is 0 Å². The monoisotopic (exact) mass is 146 g/mol. The maximum atomic E-state index is 10.5. The van der Waals surface area contributed by atoms with Crippen LogP contribution in [0.25, 0.3) is 0 Å². The Morgan fingerprint density at radius 3 is 2.30 bits per heavy atom. The lowest BCUT2D eigenvalue weighted by atomic mass is 10.0. The van der Waals surface area contributed by atoms with Gasteiger partial charge in [-0.05, 0) is 13.3 Å². The summed E-state index contributed by atoms with van der Waals surface area (Å²) in [7, 11) is 1.42. The third kappa shape index (κ3) is 1.99. The summed E-state index contributed by atoms with van der Waals surface area (Å²) in [5, 5.41) is 8.64.